The van der Waals surface area contributed by atoms with E-state index in [-0.39, 0.29) is 17.2 Å². The van der Waals surface area contributed by atoms with Crippen molar-refractivity contribution >= 4 is 11.7 Å². The summed E-state index contributed by atoms with van der Waals surface area (Å²) in [7, 11) is 0. The minimum Gasteiger partial charge on any atom is -0.381 e. The largest absolute Gasteiger partial charge is 0.416 e. The van der Waals surface area contributed by atoms with Gasteiger partial charge in [-0.1, -0.05) is 12.1 Å². The molecule has 1 aromatic carbocycles. The van der Waals surface area contributed by atoms with Crippen LogP contribution in [0.4, 0.5) is 13.2 Å². The molecule has 0 aromatic heterocycles. The SMILES string of the molecule is NC1=NC=CN2NC(N)(c3cccc(C(F)(F)F)c3)N=C12. The molecular formula is C12H11F3N6. The zero-order valence-corrected chi connectivity index (χ0v) is 10.6. The molecule has 0 fully saturated rings. The van der Waals surface area contributed by atoms with Gasteiger partial charge in [0.2, 0.25) is 5.79 Å². The molecule has 6 nitrogen and oxygen atoms in total. The number of nitrogens with zero attached hydrogens (tertiary/aromatic N) is 3. The molecule has 1 aromatic rings. The van der Waals surface area contributed by atoms with Crippen LogP contribution in [0, 0.1) is 0 Å². The summed E-state index contributed by atoms with van der Waals surface area (Å²) in [5.41, 5.74) is 13.9. The van der Waals surface area contributed by atoms with Crippen molar-refractivity contribution in [1.82, 2.24) is 10.4 Å². The Morgan fingerprint density at radius 3 is 2.71 bits per heavy atom. The second-order valence-electron chi connectivity index (χ2n) is 4.57. The Morgan fingerprint density at radius 1 is 1.29 bits per heavy atom. The Hall–Kier alpha value is -2.39. The van der Waals surface area contributed by atoms with Crippen LogP contribution in [0.25, 0.3) is 0 Å². The zero-order valence-electron chi connectivity index (χ0n) is 10.6. The molecule has 0 radical (unpaired) electrons. The Balaban J connectivity index is 2.02. The van der Waals surface area contributed by atoms with E-state index in [0.29, 0.717) is 0 Å². The predicted molar refractivity (Wildman–Crippen MR) is 70.5 cm³/mol. The van der Waals surface area contributed by atoms with Crippen molar-refractivity contribution < 1.29 is 13.2 Å². The van der Waals surface area contributed by atoms with Crippen molar-refractivity contribution in [2.45, 2.75) is 12.0 Å². The number of halogens is 3. The van der Waals surface area contributed by atoms with Crippen molar-refractivity contribution in [3.05, 3.63) is 47.8 Å². The molecule has 0 bridgehead atoms. The van der Waals surface area contributed by atoms with E-state index in [4.69, 9.17) is 11.5 Å². The predicted octanol–water partition coefficient (Wildman–Crippen LogP) is 0.835. The molecular weight excluding hydrogens is 285 g/mol. The van der Waals surface area contributed by atoms with E-state index in [2.05, 4.69) is 15.4 Å². The number of rotatable bonds is 1. The Bertz CT molecular complexity index is 678. The van der Waals surface area contributed by atoms with Crippen molar-refractivity contribution in [2.75, 3.05) is 0 Å². The number of nitrogens with one attached hydrogen (secondary N) is 1. The van der Waals surface area contributed by atoms with E-state index >= 15 is 0 Å². The molecule has 0 amide bonds. The number of amidine groups is 2. The standard InChI is InChI=1S/C12H11F3N6/c13-11(14,15)7-2-1-3-8(6-7)12(17)19-10-9(16)18-4-5-21(10)20-12/h1-6,20H,17H2,(H2,16,18). The molecule has 5 N–H and O–H groups in total. The second kappa shape index (κ2) is 4.30. The summed E-state index contributed by atoms with van der Waals surface area (Å²) >= 11 is 0. The van der Waals surface area contributed by atoms with Gasteiger partial charge in [-0.3, -0.25) is 10.7 Å². The number of hydrogen-bond donors (Lipinski definition) is 3. The summed E-state index contributed by atoms with van der Waals surface area (Å²) in [6.45, 7) is 0. The van der Waals surface area contributed by atoms with Crippen LogP contribution in [-0.2, 0) is 12.0 Å². The third kappa shape index (κ3) is 2.26. The van der Waals surface area contributed by atoms with E-state index in [1.807, 2.05) is 0 Å². The van der Waals surface area contributed by atoms with Gasteiger partial charge in [-0.05, 0) is 12.1 Å². The fraction of sp³-hybridized carbons (Fsp3) is 0.167. The van der Waals surface area contributed by atoms with Crippen molar-refractivity contribution in [3.8, 4) is 0 Å². The molecule has 2 aliphatic rings. The van der Waals surface area contributed by atoms with Gasteiger partial charge in [-0.25, -0.2) is 9.98 Å². The van der Waals surface area contributed by atoms with Gasteiger partial charge in [0.05, 0.1) is 5.56 Å². The van der Waals surface area contributed by atoms with E-state index in [1.54, 1.807) is 0 Å². The molecule has 3 rings (SSSR count). The first-order chi connectivity index (χ1) is 9.79. The number of hydrazine groups is 1. The van der Waals surface area contributed by atoms with Crippen LogP contribution in [0.5, 0.6) is 0 Å². The van der Waals surface area contributed by atoms with Crippen molar-refractivity contribution in [1.29, 1.82) is 0 Å². The highest BCUT2D eigenvalue weighted by Gasteiger charge is 2.40. The van der Waals surface area contributed by atoms with Gasteiger partial charge in [-0.2, -0.15) is 18.6 Å². The molecule has 0 saturated carbocycles. The summed E-state index contributed by atoms with van der Waals surface area (Å²) in [5.74, 6) is -1.15. The van der Waals surface area contributed by atoms with Crippen LogP contribution in [0.15, 0.2) is 46.7 Å². The fourth-order valence-corrected chi connectivity index (χ4v) is 2.07. The van der Waals surface area contributed by atoms with Crippen molar-refractivity contribution in [3.63, 3.8) is 0 Å². The topological polar surface area (TPSA) is 92.0 Å². The molecule has 110 valence electrons. The normalized spacial score (nSPS) is 24.7. The molecule has 2 heterocycles. The molecule has 1 atom stereocenters. The quantitative estimate of drug-likeness (QED) is 0.716. The van der Waals surface area contributed by atoms with Gasteiger partial charge in [0.15, 0.2) is 11.7 Å². The Labute approximate surface area is 117 Å². The number of nitrogens with two attached hydrogens (primary N) is 2. The Kier molecular flexibility index (Phi) is 2.78. The fourth-order valence-electron chi connectivity index (χ4n) is 2.07. The minimum atomic E-state index is -4.45. The minimum absolute atomic E-state index is 0.129. The van der Waals surface area contributed by atoms with Crippen LogP contribution in [-0.4, -0.2) is 16.7 Å². The van der Waals surface area contributed by atoms with Gasteiger partial charge < -0.3 is 5.73 Å². The molecule has 0 spiro atoms. The average molecular weight is 296 g/mol. The Morgan fingerprint density at radius 2 is 2.05 bits per heavy atom. The lowest BCUT2D eigenvalue weighted by Gasteiger charge is -2.25. The van der Waals surface area contributed by atoms with Crippen LogP contribution >= 0.6 is 0 Å². The molecule has 0 aliphatic carbocycles. The number of fused-ring (bicyclic) bond motifs is 1. The van der Waals surface area contributed by atoms with E-state index in [1.165, 1.54) is 29.5 Å². The summed E-state index contributed by atoms with van der Waals surface area (Å²) in [4.78, 5) is 8.01. The molecule has 1 unspecified atom stereocenters. The maximum absolute atomic E-state index is 12.8. The number of benzene rings is 1. The lowest BCUT2D eigenvalue weighted by molar-refractivity contribution is -0.137. The summed E-state index contributed by atoms with van der Waals surface area (Å²) in [6, 6.07) is 4.66. The number of aliphatic imine (C=N–C) groups is 2. The number of alkyl halides is 3. The van der Waals surface area contributed by atoms with Gasteiger partial charge in [0, 0.05) is 18.0 Å². The highest BCUT2D eigenvalue weighted by Crippen LogP contribution is 2.32. The van der Waals surface area contributed by atoms with Crippen LogP contribution in [0.3, 0.4) is 0 Å². The van der Waals surface area contributed by atoms with Crippen LogP contribution < -0.4 is 16.9 Å². The molecule has 9 heteroatoms. The zero-order chi connectivity index (χ0) is 15.3. The molecule has 21 heavy (non-hydrogen) atoms. The second-order valence-corrected chi connectivity index (χ2v) is 4.57. The van der Waals surface area contributed by atoms with Gasteiger partial charge in [0.25, 0.3) is 0 Å². The smallest absolute Gasteiger partial charge is 0.381 e. The first-order valence-corrected chi connectivity index (χ1v) is 5.93. The van der Waals surface area contributed by atoms with Crippen LogP contribution in [0.1, 0.15) is 11.1 Å². The highest BCUT2D eigenvalue weighted by molar-refractivity contribution is 6.40. The maximum Gasteiger partial charge on any atom is 0.416 e. The monoisotopic (exact) mass is 296 g/mol. The first-order valence-electron chi connectivity index (χ1n) is 5.93. The summed E-state index contributed by atoms with van der Waals surface area (Å²) in [5, 5.41) is 1.42. The molecule has 2 aliphatic heterocycles. The third-order valence-electron chi connectivity index (χ3n) is 3.09. The van der Waals surface area contributed by atoms with Crippen molar-refractivity contribution in [2.24, 2.45) is 21.5 Å². The van der Waals surface area contributed by atoms with Crippen LogP contribution in [0.2, 0.25) is 0 Å². The lowest BCUT2D eigenvalue weighted by Crippen LogP contribution is -2.51. The molecule has 0 saturated heterocycles. The first kappa shape index (κ1) is 13.6. The average Bonchev–Trinajstić information content (AvgIpc) is 2.78. The third-order valence-corrected chi connectivity index (χ3v) is 3.09. The van der Waals surface area contributed by atoms with E-state index in [0.717, 1.165) is 12.1 Å². The lowest BCUT2D eigenvalue weighted by atomic mass is 10.1. The summed E-state index contributed by atoms with van der Waals surface area (Å²) in [6.07, 6.45) is -1.50. The number of hydrogen-bond acceptors (Lipinski definition) is 6. The highest BCUT2D eigenvalue weighted by atomic mass is 19.4. The van der Waals surface area contributed by atoms with Gasteiger partial charge in [-0.15, -0.1) is 0 Å². The van der Waals surface area contributed by atoms with E-state index < -0.39 is 17.5 Å². The summed E-state index contributed by atoms with van der Waals surface area (Å²) < 4.78 is 38.3. The van der Waals surface area contributed by atoms with Gasteiger partial charge in [0.1, 0.15) is 0 Å². The maximum atomic E-state index is 12.8. The van der Waals surface area contributed by atoms with E-state index in [9.17, 15) is 13.2 Å². The van der Waals surface area contributed by atoms with Gasteiger partial charge >= 0.3 is 6.18 Å².